The predicted molar refractivity (Wildman–Crippen MR) is 88.0 cm³/mol. The van der Waals surface area contributed by atoms with Crippen molar-refractivity contribution in [1.29, 1.82) is 0 Å². The average molecular weight is 331 g/mol. The molecule has 1 amide bonds. The number of ether oxygens (including phenoxy) is 1. The van der Waals surface area contributed by atoms with Crippen molar-refractivity contribution in [3.8, 4) is 5.75 Å². The number of hydrogen-bond donors (Lipinski definition) is 2. The number of nitrogens with two attached hydrogens (primary N) is 1. The Kier molecular flexibility index (Phi) is 7.62. The monoisotopic (exact) mass is 330 g/mol. The molecule has 1 fully saturated rings. The number of anilines is 1. The molecule has 0 bridgehead atoms. The topological polar surface area (TPSA) is 64.3 Å². The molecule has 4 nitrogen and oxygen atoms in total. The van der Waals surface area contributed by atoms with E-state index in [9.17, 15) is 9.18 Å². The van der Waals surface area contributed by atoms with E-state index in [0.29, 0.717) is 24.5 Å². The summed E-state index contributed by atoms with van der Waals surface area (Å²) in [6, 6.07) is 4.26. The van der Waals surface area contributed by atoms with Crippen molar-refractivity contribution in [2.45, 2.75) is 45.1 Å². The molecule has 0 spiro atoms. The molecule has 1 aromatic carbocycles. The number of nitrogens with one attached hydrogen (secondary N) is 1. The molecular formula is C16H24ClFN2O2. The van der Waals surface area contributed by atoms with Crippen molar-refractivity contribution in [2.75, 3.05) is 11.9 Å². The Morgan fingerprint density at radius 2 is 2.23 bits per heavy atom. The zero-order valence-corrected chi connectivity index (χ0v) is 13.6. The minimum Gasteiger partial charge on any atom is -0.491 e. The zero-order chi connectivity index (χ0) is 15.2. The maximum Gasteiger partial charge on any atom is 0.224 e. The molecule has 0 saturated heterocycles. The highest BCUT2D eigenvalue weighted by atomic mass is 35.5. The smallest absolute Gasteiger partial charge is 0.224 e. The molecule has 0 heterocycles. The number of amides is 1. The van der Waals surface area contributed by atoms with Gasteiger partial charge in [0.2, 0.25) is 5.91 Å². The lowest BCUT2D eigenvalue weighted by molar-refractivity contribution is -0.117. The van der Waals surface area contributed by atoms with Crippen molar-refractivity contribution in [2.24, 2.45) is 11.7 Å². The van der Waals surface area contributed by atoms with Crippen LogP contribution in [0.5, 0.6) is 5.75 Å². The van der Waals surface area contributed by atoms with Crippen LogP contribution in [0.15, 0.2) is 18.2 Å². The molecule has 1 aliphatic carbocycles. The Bertz CT molecular complexity index is 499. The third kappa shape index (κ3) is 5.14. The van der Waals surface area contributed by atoms with Gasteiger partial charge in [0.1, 0.15) is 11.6 Å². The van der Waals surface area contributed by atoms with Gasteiger partial charge in [-0.3, -0.25) is 4.79 Å². The van der Waals surface area contributed by atoms with Gasteiger partial charge in [-0.1, -0.05) is 13.3 Å². The number of rotatable bonds is 6. The summed E-state index contributed by atoms with van der Waals surface area (Å²) in [4.78, 5) is 12.1. The number of hydrogen-bond acceptors (Lipinski definition) is 3. The highest BCUT2D eigenvalue weighted by Crippen LogP contribution is 2.29. The van der Waals surface area contributed by atoms with Crippen LogP contribution >= 0.6 is 12.4 Å². The van der Waals surface area contributed by atoms with Gasteiger partial charge >= 0.3 is 0 Å². The zero-order valence-electron chi connectivity index (χ0n) is 12.8. The molecule has 2 rings (SSSR count). The molecule has 0 radical (unpaired) electrons. The largest absolute Gasteiger partial charge is 0.491 e. The molecule has 0 aliphatic heterocycles. The first kappa shape index (κ1) is 18.7. The van der Waals surface area contributed by atoms with Gasteiger partial charge in [-0.2, -0.15) is 0 Å². The van der Waals surface area contributed by atoms with Crippen LogP contribution in [0.4, 0.5) is 10.1 Å². The summed E-state index contributed by atoms with van der Waals surface area (Å²) in [7, 11) is 0. The van der Waals surface area contributed by atoms with Gasteiger partial charge in [-0.05, 0) is 37.3 Å². The summed E-state index contributed by atoms with van der Waals surface area (Å²) in [5, 5.41) is 2.81. The molecule has 22 heavy (non-hydrogen) atoms. The lowest BCUT2D eigenvalue weighted by Crippen LogP contribution is -2.28. The molecule has 2 atom stereocenters. The third-order valence-electron chi connectivity index (χ3n) is 3.84. The Morgan fingerprint density at radius 1 is 1.45 bits per heavy atom. The number of carbonyl (C=O) groups is 1. The second-order valence-electron chi connectivity index (χ2n) is 5.60. The first-order chi connectivity index (χ1) is 10.1. The van der Waals surface area contributed by atoms with Crippen LogP contribution in [0.1, 0.15) is 39.0 Å². The average Bonchev–Trinajstić information content (AvgIpc) is 2.84. The van der Waals surface area contributed by atoms with Crippen LogP contribution < -0.4 is 15.8 Å². The van der Waals surface area contributed by atoms with E-state index in [1.54, 1.807) is 0 Å². The third-order valence-corrected chi connectivity index (χ3v) is 3.84. The van der Waals surface area contributed by atoms with Crippen molar-refractivity contribution in [3.63, 3.8) is 0 Å². The molecule has 0 aromatic heterocycles. The van der Waals surface area contributed by atoms with Gasteiger partial charge in [0.05, 0.1) is 12.3 Å². The Balaban J connectivity index is 0.00000242. The van der Waals surface area contributed by atoms with Gasteiger partial charge in [0.25, 0.3) is 0 Å². The quantitative estimate of drug-likeness (QED) is 0.839. The molecule has 124 valence electrons. The second kappa shape index (κ2) is 8.96. The molecule has 3 N–H and O–H groups in total. The summed E-state index contributed by atoms with van der Waals surface area (Å²) in [6.45, 7) is 2.46. The SMILES string of the molecule is CCCOc1cc(F)ccc1NC(=O)C[C@@H]1CCC[C@H]1N.Cl. The normalized spacial score (nSPS) is 20.3. The minimum atomic E-state index is -0.378. The van der Waals surface area contributed by atoms with E-state index in [1.165, 1.54) is 18.2 Å². The summed E-state index contributed by atoms with van der Waals surface area (Å²) in [5.74, 6) is 0.147. The van der Waals surface area contributed by atoms with Gasteiger partial charge in [0.15, 0.2) is 0 Å². The maximum atomic E-state index is 13.3. The van der Waals surface area contributed by atoms with E-state index < -0.39 is 0 Å². The number of halogens is 2. The van der Waals surface area contributed by atoms with Crippen molar-refractivity contribution in [1.82, 2.24) is 0 Å². The lowest BCUT2D eigenvalue weighted by atomic mass is 10.00. The fourth-order valence-corrected chi connectivity index (χ4v) is 2.69. The summed E-state index contributed by atoms with van der Waals surface area (Å²) >= 11 is 0. The molecule has 1 aromatic rings. The Hall–Kier alpha value is -1.33. The highest BCUT2D eigenvalue weighted by molar-refractivity contribution is 5.92. The molecule has 6 heteroatoms. The first-order valence-corrected chi connectivity index (χ1v) is 7.58. The van der Waals surface area contributed by atoms with Crippen LogP contribution in [0.2, 0.25) is 0 Å². The standard InChI is InChI=1S/C16H23FN2O2.ClH/c1-2-8-21-15-10-12(17)6-7-14(15)19-16(20)9-11-4-3-5-13(11)18;/h6-7,10-11,13H,2-5,8-9,18H2,1H3,(H,19,20);1H/t11-,13+;/m0./s1. The van der Waals surface area contributed by atoms with Gasteiger partial charge in [-0.15, -0.1) is 12.4 Å². The summed E-state index contributed by atoms with van der Waals surface area (Å²) < 4.78 is 18.8. The van der Waals surface area contributed by atoms with E-state index >= 15 is 0 Å². The van der Waals surface area contributed by atoms with Crippen molar-refractivity contribution < 1.29 is 13.9 Å². The number of benzene rings is 1. The van der Waals surface area contributed by atoms with E-state index in [0.717, 1.165) is 25.7 Å². The van der Waals surface area contributed by atoms with Crippen LogP contribution in [0.25, 0.3) is 0 Å². The van der Waals surface area contributed by atoms with Crippen LogP contribution in [-0.2, 0) is 4.79 Å². The van der Waals surface area contributed by atoms with Gasteiger partial charge < -0.3 is 15.8 Å². The van der Waals surface area contributed by atoms with Gasteiger partial charge in [0, 0.05) is 18.5 Å². The summed E-state index contributed by atoms with van der Waals surface area (Å²) in [6.07, 6.45) is 4.30. The second-order valence-corrected chi connectivity index (χ2v) is 5.60. The van der Waals surface area contributed by atoms with E-state index in [1.807, 2.05) is 6.92 Å². The maximum absolute atomic E-state index is 13.3. The minimum absolute atomic E-state index is 0. The Morgan fingerprint density at radius 3 is 2.86 bits per heavy atom. The van der Waals surface area contributed by atoms with E-state index in [-0.39, 0.29) is 36.1 Å². The predicted octanol–water partition coefficient (Wildman–Crippen LogP) is 3.49. The van der Waals surface area contributed by atoms with Crippen molar-refractivity contribution in [3.05, 3.63) is 24.0 Å². The fraction of sp³-hybridized carbons (Fsp3) is 0.562. The molecular weight excluding hydrogens is 307 g/mol. The summed E-state index contributed by atoms with van der Waals surface area (Å²) in [5.41, 5.74) is 6.50. The van der Waals surface area contributed by atoms with Gasteiger partial charge in [-0.25, -0.2) is 4.39 Å². The fourth-order valence-electron chi connectivity index (χ4n) is 2.69. The van der Waals surface area contributed by atoms with Crippen LogP contribution in [0, 0.1) is 11.7 Å². The molecule has 0 unspecified atom stereocenters. The van der Waals surface area contributed by atoms with Crippen LogP contribution in [-0.4, -0.2) is 18.6 Å². The highest BCUT2D eigenvalue weighted by Gasteiger charge is 2.26. The number of carbonyl (C=O) groups excluding carboxylic acids is 1. The van der Waals surface area contributed by atoms with Crippen molar-refractivity contribution >= 4 is 24.0 Å². The van der Waals surface area contributed by atoms with Crippen LogP contribution in [0.3, 0.4) is 0 Å². The van der Waals surface area contributed by atoms with E-state index in [2.05, 4.69) is 5.32 Å². The molecule has 1 saturated carbocycles. The lowest BCUT2D eigenvalue weighted by Gasteiger charge is -2.16. The first-order valence-electron chi connectivity index (χ1n) is 7.58. The van der Waals surface area contributed by atoms with E-state index in [4.69, 9.17) is 10.5 Å². The Labute approximate surface area is 137 Å². The molecule has 1 aliphatic rings.